The number of carboxylic acids is 2. The summed E-state index contributed by atoms with van der Waals surface area (Å²) >= 11 is 0. The van der Waals surface area contributed by atoms with Gasteiger partial charge in [0.1, 0.15) is 0 Å². The van der Waals surface area contributed by atoms with Gasteiger partial charge < -0.3 is 20.4 Å². The van der Waals surface area contributed by atoms with E-state index >= 15 is 0 Å². The maximum atomic E-state index is 11.8. The van der Waals surface area contributed by atoms with Crippen molar-refractivity contribution in [2.75, 3.05) is 0 Å². The number of carbonyl (C=O) groups is 2. The smallest absolute Gasteiger partial charge is 0.871 e. The van der Waals surface area contributed by atoms with Crippen LogP contribution in [0.5, 0.6) is 11.5 Å². The fourth-order valence-corrected chi connectivity index (χ4v) is 3.10. The molecule has 34 heavy (non-hydrogen) atoms. The number of rotatable bonds is 4. The molecule has 0 heterocycles. The number of aromatic carboxylic acids is 2. The third-order valence-corrected chi connectivity index (χ3v) is 4.66. The van der Waals surface area contributed by atoms with E-state index in [1.807, 2.05) is 36.4 Å². The fourth-order valence-electron chi connectivity index (χ4n) is 3.10. The molecule has 0 aliphatic carbocycles. The molecule has 8 heteroatoms. The second kappa shape index (κ2) is 13.2. The molecule has 0 fully saturated rings. The number of benzene rings is 4. The summed E-state index contributed by atoms with van der Waals surface area (Å²) in [6, 6.07) is 27.1. The normalized spacial score (nSPS) is 9.41. The minimum absolute atomic E-state index is 0. The Balaban J connectivity index is 0.000000321. The van der Waals surface area contributed by atoms with Gasteiger partial charge in [0.25, 0.3) is 0 Å². The number of hydrogen-bond donors (Lipinski definition) is 2. The molecule has 0 saturated carbocycles. The summed E-state index contributed by atoms with van der Waals surface area (Å²) < 4.78 is 0. The van der Waals surface area contributed by atoms with Crippen molar-refractivity contribution in [1.82, 2.24) is 0 Å². The van der Waals surface area contributed by atoms with E-state index in [1.54, 1.807) is 48.5 Å². The quantitative estimate of drug-likeness (QED) is 0.365. The van der Waals surface area contributed by atoms with Crippen molar-refractivity contribution in [3.05, 3.63) is 108 Å². The van der Waals surface area contributed by atoms with Crippen LogP contribution in [0, 0.1) is 0 Å². The van der Waals surface area contributed by atoms with E-state index in [9.17, 15) is 19.8 Å². The van der Waals surface area contributed by atoms with Gasteiger partial charge in [0.05, 0.1) is 11.1 Å². The monoisotopic (exact) mass is 552 g/mol. The fraction of sp³-hybridized carbons (Fsp3) is 0. The van der Waals surface area contributed by atoms with E-state index in [-0.39, 0.29) is 45.3 Å². The number of para-hydroxylation sites is 2. The maximum absolute atomic E-state index is 11.8. The first-order valence-electron chi connectivity index (χ1n) is 9.57. The van der Waals surface area contributed by atoms with E-state index < -0.39 is 23.4 Å². The van der Waals surface area contributed by atoms with Gasteiger partial charge in [-0.25, -0.2) is 9.59 Å². The number of hydrogen-bond acceptors (Lipinski definition) is 4. The van der Waals surface area contributed by atoms with Gasteiger partial charge in [0.15, 0.2) is 0 Å². The van der Waals surface area contributed by atoms with Gasteiger partial charge in [0, 0.05) is 0 Å². The maximum Gasteiger partial charge on any atom is 1.00 e. The molecule has 0 amide bonds. The van der Waals surface area contributed by atoms with Crippen molar-refractivity contribution in [3.8, 4) is 33.8 Å². The number of carboxylic acid groups (broad SMARTS) is 2. The summed E-state index contributed by atoms with van der Waals surface area (Å²) in [4.78, 5) is 21.6. The Morgan fingerprint density at radius 3 is 1.12 bits per heavy atom. The second-order valence-corrected chi connectivity index (χ2v) is 6.71. The summed E-state index contributed by atoms with van der Waals surface area (Å²) in [5.41, 5.74) is 1.91. The molecule has 0 radical (unpaired) electrons. The standard InChI is InChI=1S/2C13H10O3.2Cu/c2*14-12-10(9-5-2-1-3-6-9)7-4-8-11(12)13(15)16;;/h2*1-8,14H,(H,15,16);;/q;;2*+1/p-2. The average Bonchev–Trinajstić information content (AvgIpc) is 2.80. The van der Waals surface area contributed by atoms with Gasteiger partial charge in [-0.2, -0.15) is 0 Å². The van der Waals surface area contributed by atoms with Crippen molar-refractivity contribution >= 4 is 11.9 Å². The van der Waals surface area contributed by atoms with E-state index in [2.05, 4.69) is 0 Å². The van der Waals surface area contributed by atoms with Crippen LogP contribution in [0.3, 0.4) is 0 Å². The van der Waals surface area contributed by atoms with Gasteiger partial charge in [-0.1, -0.05) is 96.4 Å². The zero-order chi connectivity index (χ0) is 23.1. The first-order chi connectivity index (χ1) is 15.4. The van der Waals surface area contributed by atoms with Crippen molar-refractivity contribution in [1.29, 1.82) is 0 Å². The van der Waals surface area contributed by atoms with Crippen LogP contribution in [0.15, 0.2) is 97.1 Å². The molecule has 180 valence electrons. The van der Waals surface area contributed by atoms with Crippen molar-refractivity contribution in [2.24, 2.45) is 0 Å². The summed E-state index contributed by atoms with van der Waals surface area (Å²) in [6.45, 7) is 0. The van der Waals surface area contributed by atoms with Gasteiger partial charge in [-0.3, -0.25) is 0 Å². The minimum Gasteiger partial charge on any atom is -0.871 e. The summed E-state index contributed by atoms with van der Waals surface area (Å²) in [5, 5.41) is 41.3. The van der Waals surface area contributed by atoms with E-state index in [0.717, 1.165) is 11.1 Å². The third-order valence-electron chi connectivity index (χ3n) is 4.66. The molecule has 0 spiro atoms. The van der Waals surface area contributed by atoms with Crippen LogP contribution in [-0.2, 0) is 34.1 Å². The summed E-state index contributed by atoms with van der Waals surface area (Å²) in [7, 11) is 0. The molecule has 0 aliphatic heterocycles. The molecule has 0 atom stereocenters. The molecule has 4 aromatic carbocycles. The van der Waals surface area contributed by atoms with E-state index in [1.165, 1.54) is 12.1 Å². The van der Waals surface area contributed by atoms with E-state index in [0.29, 0.717) is 11.1 Å². The Morgan fingerprint density at radius 2 is 0.824 bits per heavy atom. The molecule has 0 unspecified atom stereocenters. The predicted molar refractivity (Wildman–Crippen MR) is 117 cm³/mol. The van der Waals surface area contributed by atoms with Gasteiger partial charge in [0.2, 0.25) is 0 Å². The van der Waals surface area contributed by atoms with Gasteiger partial charge >= 0.3 is 46.1 Å². The minimum atomic E-state index is -1.19. The predicted octanol–water partition coefficient (Wildman–Crippen LogP) is 4.25. The Morgan fingerprint density at radius 1 is 0.500 bits per heavy atom. The van der Waals surface area contributed by atoms with Crippen LogP contribution < -0.4 is 10.2 Å². The van der Waals surface area contributed by atoms with Crippen LogP contribution in [0.25, 0.3) is 22.3 Å². The molecule has 4 rings (SSSR count). The van der Waals surface area contributed by atoms with Crippen LogP contribution in [0.4, 0.5) is 0 Å². The largest absolute Gasteiger partial charge is 1.00 e. The topological polar surface area (TPSA) is 121 Å². The molecule has 6 nitrogen and oxygen atoms in total. The molecule has 0 aromatic heterocycles. The third kappa shape index (κ3) is 6.73. The molecule has 4 aromatic rings. The zero-order valence-electron chi connectivity index (χ0n) is 17.4. The Kier molecular flexibility index (Phi) is 11.1. The van der Waals surface area contributed by atoms with Crippen LogP contribution >= 0.6 is 0 Å². The molecule has 2 N–H and O–H groups in total. The first-order valence-corrected chi connectivity index (χ1v) is 9.57. The Bertz CT molecular complexity index is 1150. The molecular formula is C26H18Cu2O6. The van der Waals surface area contributed by atoms with Crippen molar-refractivity contribution < 1.29 is 64.2 Å². The zero-order valence-corrected chi connectivity index (χ0v) is 19.3. The van der Waals surface area contributed by atoms with Crippen LogP contribution in [-0.4, -0.2) is 22.2 Å². The van der Waals surface area contributed by atoms with Crippen molar-refractivity contribution in [2.45, 2.75) is 0 Å². The molecule has 0 bridgehead atoms. The molecular weight excluding hydrogens is 535 g/mol. The average molecular weight is 554 g/mol. The molecule has 0 saturated heterocycles. The Hall–Kier alpha value is -3.54. The van der Waals surface area contributed by atoms with Gasteiger partial charge in [-0.15, -0.1) is 0 Å². The van der Waals surface area contributed by atoms with Crippen LogP contribution in [0.1, 0.15) is 20.7 Å². The summed E-state index contributed by atoms with van der Waals surface area (Å²) in [6.07, 6.45) is 0. The summed E-state index contributed by atoms with van der Waals surface area (Å²) in [5.74, 6) is -3.27. The van der Waals surface area contributed by atoms with Gasteiger partial charge in [-0.05, 0) is 34.4 Å². The SMILES string of the molecule is O=C(O)c1cccc(-c2ccccc2)c1[O-].O=C(O)c1cccc(-c2ccccc2)c1[O-].[Cu+].[Cu+]. The first kappa shape index (κ1) is 28.5. The molecule has 0 aliphatic rings. The van der Waals surface area contributed by atoms with Crippen LogP contribution in [0.2, 0.25) is 0 Å². The Labute approximate surface area is 217 Å². The van der Waals surface area contributed by atoms with E-state index in [4.69, 9.17) is 10.2 Å². The van der Waals surface area contributed by atoms with Crippen molar-refractivity contribution in [3.63, 3.8) is 0 Å². The second-order valence-electron chi connectivity index (χ2n) is 6.71.